The summed E-state index contributed by atoms with van der Waals surface area (Å²) in [6.07, 6.45) is 6.39. The molecule has 0 spiro atoms. The summed E-state index contributed by atoms with van der Waals surface area (Å²) in [6, 6.07) is 24.2. The minimum Gasteiger partial charge on any atom is -0.307 e. The molecule has 0 aliphatic carbocycles. The Morgan fingerprint density at radius 1 is 0.609 bits per heavy atom. The van der Waals surface area contributed by atoms with Gasteiger partial charge in [-0.1, -0.05) is 60.7 Å². The highest BCUT2D eigenvalue weighted by Gasteiger charge is 2.30. The molecule has 2 heterocycles. The van der Waals surface area contributed by atoms with Crippen molar-refractivity contribution in [2.75, 3.05) is 0 Å². The SMILES string of the molecule is c1ccc(C2CCC(CC3CCC(c4ccccc4)N3)N2)cc1. The molecule has 0 aromatic heterocycles. The Kier molecular flexibility index (Phi) is 4.45. The first-order valence-corrected chi connectivity index (χ1v) is 9.00. The molecule has 2 nitrogen and oxygen atoms in total. The van der Waals surface area contributed by atoms with Gasteiger partial charge in [0, 0.05) is 24.2 Å². The third-order valence-corrected chi connectivity index (χ3v) is 5.45. The van der Waals surface area contributed by atoms with Crippen LogP contribution in [0.4, 0.5) is 0 Å². The van der Waals surface area contributed by atoms with Crippen LogP contribution in [-0.4, -0.2) is 12.1 Å². The van der Waals surface area contributed by atoms with Gasteiger partial charge in [-0.05, 0) is 43.2 Å². The van der Waals surface area contributed by atoms with E-state index in [0.29, 0.717) is 24.2 Å². The summed E-state index contributed by atoms with van der Waals surface area (Å²) < 4.78 is 0. The molecule has 4 atom stereocenters. The van der Waals surface area contributed by atoms with E-state index in [1.54, 1.807) is 0 Å². The maximum atomic E-state index is 3.85. The van der Waals surface area contributed by atoms with Crippen molar-refractivity contribution in [3.8, 4) is 0 Å². The van der Waals surface area contributed by atoms with Gasteiger partial charge in [0.25, 0.3) is 0 Å². The molecule has 2 fully saturated rings. The maximum absolute atomic E-state index is 3.85. The number of hydrogen-bond donors (Lipinski definition) is 2. The lowest BCUT2D eigenvalue weighted by Crippen LogP contribution is -2.33. The van der Waals surface area contributed by atoms with Gasteiger partial charge >= 0.3 is 0 Å². The Morgan fingerprint density at radius 2 is 1.04 bits per heavy atom. The number of benzene rings is 2. The minimum absolute atomic E-state index is 0.549. The highest BCUT2D eigenvalue weighted by molar-refractivity contribution is 5.21. The normalized spacial score (nSPS) is 30.6. The zero-order valence-electron chi connectivity index (χ0n) is 13.6. The number of rotatable bonds is 4. The number of hydrogen-bond acceptors (Lipinski definition) is 2. The van der Waals surface area contributed by atoms with Crippen molar-refractivity contribution in [2.24, 2.45) is 0 Å². The van der Waals surface area contributed by atoms with Crippen LogP contribution in [0.1, 0.15) is 55.3 Å². The molecule has 23 heavy (non-hydrogen) atoms. The highest BCUT2D eigenvalue weighted by atomic mass is 15.0. The summed E-state index contributed by atoms with van der Waals surface area (Å²) >= 11 is 0. The lowest BCUT2D eigenvalue weighted by Gasteiger charge is -2.20. The van der Waals surface area contributed by atoms with Gasteiger partial charge in [0.05, 0.1) is 0 Å². The second kappa shape index (κ2) is 6.86. The summed E-state index contributed by atoms with van der Waals surface area (Å²) in [4.78, 5) is 0. The summed E-state index contributed by atoms with van der Waals surface area (Å²) in [5, 5.41) is 7.70. The summed E-state index contributed by atoms with van der Waals surface area (Å²) in [5.74, 6) is 0. The Bertz CT molecular complexity index is 555. The molecule has 2 aliphatic rings. The van der Waals surface area contributed by atoms with Gasteiger partial charge < -0.3 is 10.6 Å². The smallest absolute Gasteiger partial charge is 0.0323 e. The van der Waals surface area contributed by atoms with Gasteiger partial charge in [-0.3, -0.25) is 0 Å². The molecule has 2 saturated heterocycles. The predicted octanol–water partition coefficient (Wildman–Crippen LogP) is 4.36. The second-order valence-corrected chi connectivity index (χ2v) is 7.04. The lowest BCUT2D eigenvalue weighted by molar-refractivity contribution is 0.433. The minimum atomic E-state index is 0.549. The highest BCUT2D eigenvalue weighted by Crippen LogP contribution is 2.32. The van der Waals surface area contributed by atoms with E-state index < -0.39 is 0 Å². The summed E-state index contributed by atoms with van der Waals surface area (Å²) in [6.45, 7) is 0. The molecule has 4 unspecified atom stereocenters. The monoisotopic (exact) mass is 306 g/mol. The van der Waals surface area contributed by atoms with E-state index >= 15 is 0 Å². The molecule has 0 bridgehead atoms. The summed E-state index contributed by atoms with van der Waals surface area (Å²) in [5.41, 5.74) is 2.88. The van der Waals surface area contributed by atoms with E-state index in [2.05, 4.69) is 71.3 Å². The second-order valence-electron chi connectivity index (χ2n) is 7.04. The van der Waals surface area contributed by atoms with E-state index in [-0.39, 0.29) is 0 Å². The van der Waals surface area contributed by atoms with E-state index in [1.165, 1.54) is 43.2 Å². The Labute approximate surface area is 139 Å². The quantitative estimate of drug-likeness (QED) is 0.877. The van der Waals surface area contributed by atoms with Gasteiger partial charge in [-0.25, -0.2) is 0 Å². The third kappa shape index (κ3) is 3.49. The molecule has 4 rings (SSSR count). The van der Waals surface area contributed by atoms with E-state index in [1.807, 2.05) is 0 Å². The van der Waals surface area contributed by atoms with E-state index in [9.17, 15) is 0 Å². The fourth-order valence-corrected chi connectivity index (χ4v) is 4.25. The van der Waals surface area contributed by atoms with Crippen LogP contribution < -0.4 is 10.6 Å². The molecule has 0 saturated carbocycles. The van der Waals surface area contributed by atoms with Gasteiger partial charge in [0.2, 0.25) is 0 Å². The molecule has 2 aromatic carbocycles. The van der Waals surface area contributed by atoms with Crippen LogP contribution in [0.15, 0.2) is 60.7 Å². The van der Waals surface area contributed by atoms with Crippen LogP contribution in [-0.2, 0) is 0 Å². The zero-order chi connectivity index (χ0) is 15.5. The van der Waals surface area contributed by atoms with Crippen molar-refractivity contribution in [1.29, 1.82) is 0 Å². The molecule has 2 heteroatoms. The fraction of sp³-hybridized carbons (Fsp3) is 0.429. The lowest BCUT2D eigenvalue weighted by atomic mass is 10.0. The molecule has 0 amide bonds. The Morgan fingerprint density at radius 3 is 1.48 bits per heavy atom. The van der Waals surface area contributed by atoms with E-state index in [0.717, 1.165) is 0 Å². The van der Waals surface area contributed by atoms with Crippen LogP contribution in [0.5, 0.6) is 0 Å². The van der Waals surface area contributed by atoms with Crippen molar-refractivity contribution in [3.05, 3.63) is 71.8 Å². The van der Waals surface area contributed by atoms with Gasteiger partial charge in [0.15, 0.2) is 0 Å². The Hall–Kier alpha value is -1.64. The first kappa shape index (κ1) is 14.9. The average Bonchev–Trinajstić information content (AvgIpc) is 3.27. The topological polar surface area (TPSA) is 24.1 Å². The van der Waals surface area contributed by atoms with Crippen LogP contribution in [0.2, 0.25) is 0 Å². The first-order chi connectivity index (χ1) is 11.4. The van der Waals surface area contributed by atoms with Crippen molar-refractivity contribution in [1.82, 2.24) is 10.6 Å². The molecule has 120 valence electrons. The molecule has 2 aromatic rings. The largest absolute Gasteiger partial charge is 0.307 e. The average molecular weight is 306 g/mol. The zero-order valence-corrected chi connectivity index (χ0v) is 13.6. The molecule has 2 aliphatic heterocycles. The van der Waals surface area contributed by atoms with Crippen molar-refractivity contribution in [3.63, 3.8) is 0 Å². The molecular weight excluding hydrogens is 280 g/mol. The van der Waals surface area contributed by atoms with Crippen LogP contribution in [0.3, 0.4) is 0 Å². The molecule has 2 N–H and O–H groups in total. The van der Waals surface area contributed by atoms with Crippen molar-refractivity contribution < 1.29 is 0 Å². The van der Waals surface area contributed by atoms with Crippen LogP contribution in [0, 0.1) is 0 Å². The number of nitrogens with one attached hydrogen (secondary N) is 2. The standard InChI is InChI=1S/C21H26N2/c1-3-7-16(8-4-1)20-13-11-18(22-20)15-19-12-14-21(23-19)17-9-5-2-6-10-17/h1-10,18-23H,11-15H2. The van der Waals surface area contributed by atoms with Crippen LogP contribution in [0.25, 0.3) is 0 Å². The van der Waals surface area contributed by atoms with Crippen molar-refractivity contribution in [2.45, 2.75) is 56.3 Å². The van der Waals surface area contributed by atoms with Gasteiger partial charge in [-0.15, -0.1) is 0 Å². The molecule has 0 radical (unpaired) electrons. The Balaban J connectivity index is 1.30. The van der Waals surface area contributed by atoms with Crippen LogP contribution >= 0.6 is 0 Å². The molecular formula is C21H26N2. The fourth-order valence-electron chi connectivity index (χ4n) is 4.25. The predicted molar refractivity (Wildman–Crippen MR) is 95.3 cm³/mol. The third-order valence-electron chi connectivity index (χ3n) is 5.45. The van der Waals surface area contributed by atoms with Gasteiger partial charge in [-0.2, -0.15) is 0 Å². The van der Waals surface area contributed by atoms with Crippen molar-refractivity contribution >= 4 is 0 Å². The van der Waals surface area contributed by atoms with E-state index in [4.69, 9.17) is 0 Å². The maximum Gasteiger partial charge on any atom is 0.0323 e. The first-order valence-electron chi connectivity index (χ1n) is 9.00. The van der Waals surface area contributed by atoms with Gasteiger partial charge in [0.1, 0.15) is 0 Å². The summed E-state index contributed by atoms with van der Waals surface area (Å²) in [7, 11) is 0.